The Hall–Kier alpha value is -1.45. The fourth-order valence-corrected chi connectivity index (χ4v) is 3.06. The van der Waals surface area contributed by atoms with E-state index in [0.29, 0.717) is 5.25 Å². The highest BCUT2D eigenvalue weighted by molar-refractivity contribution is 7.99. The summed E-state index contributed by atoms with van der Waals surface area (Å²) in [5, 5.41) is 3.68. The molecule has 1 unspecified atom stereocenters. The molecule has 2 aromatic carbocycles. The van der Waals surface area contributed by atoms with Gasteiger partial charge in [0.1, 0.15) is 5.75 Å². The number of methoxy groups -OCH3 is 1. The fraction of sp³-hybridized carbons (Fsp3) is 0.250. The summed E-state index contributed by atoms with van der Waals surface area (Å²) in [5.41, 5.74) is 1.35. The number of hydrogen-bond donors (Lipinski definition) is 1. The molecule has 0 aromatic heterocycles. The first-order chi connectivity index (χ1) is 9.33. The van der Waals surface area contributed by atoms with Crippen LogP contribution >= 0.6 is 11.8 Å². The first kappa shape index (κ1) is 14.0. The molecule has 0 saturated carbocycles. The summed E-state index contributed by atoms with van der Waals surface area (Å²) in [5.74, 6) is 0.897. The van der Waals surface area contributed by atoms with Gasteiger partial charge in [0, 0.05) is 16.7 Å². The number of thioether (sulfide) groups is 1. The van der Waals surface area contributed by atoms with E-state index in [-0.39, 0.29) is 0 Å². The molecule has 0 bridgehead atoms. The smallest absolute Gasteiger partial charge is 0.118 e. The first-order valence-corrected chi connectivity index (χ1v) is 7.21. The Bertz CT molecular complexity index is 484. The second kappa shape index (κ2) is 7.22. The Balaban J connectivity index is 2.11. The van der Waals surface area contributed by atoms with Gasteiger partial charge in [0.05, 0.1) is 7.11 Å². The molecule has 0 aliphatic carbocycles. The zero-order valence-electron chi connectivity index (χ0n) is 11.3. The van der Waals surface area contributed by atoms with Crippen molar-refractivity contribution in [3.63, 3.8) is 0 Å². The van der Waals surface area contributed by atoms with Gasteiger partial charge in [-0.15, -0.1) is 11.8 Å². The minimum atomic E-state index is 0.416. The quantitative estimate of drug-likeness (QED) is 0.810. The Labute approximate surface area is 119 Å². The second-order valence-corrected chi connectivity index (χ2v) is 5.53. The Morgan fingerprint density at radius 2 is 1.74 bits per heavy atom. The average molecular weight is 273 g/mol. The normalized spacial score (nSPS) is 12.1. The minimum Gasteiger partial charge on any atom is -0.497 e. The average Bonchev–Trinajstić information content (AvgIpc) is 2.48. The maximum absolute atomic E-state index is 5.18. The van der Waals surface area contributed by atoms with Crippen molar-refractivity contribution in [2.24, 2.45) is 0 Å². The van der Waals surface area contributed by atoms with Gasteiger partial charge in [-0.05, 0) is 36.9 Å². The molecular formula is C16H19NOS. The summed E-state index contributed by atoms with van der Waals surface area (Å²) in [6.07, 6.45) is 0. The monoisotopic (exact) mass is 273 g/mol. The van der Waals surface area contributed by atoms with Gasteiger partial charge < -0.3 is 10.1 Å². The van der Waals surface area contributed by atoms with Crippen LogP contribution in [0.15, 0.2) is 59.5 Å². The fourth-order valence-electron chi connectivity index (χ4n) is 1.90. The summed E-state index contributed by atoms with van der Waals surface area (Å²) in [7, 11) is 3.68. The molecule has 0 amide bonds. The van der Waals surface area contributed by atoms with Crippen LogP contribution in [0.1, 0.15) is 10.8 Å². The van der Waals surface area contributed by atoms with Gasteiger partial charge in [0.15, 0.2) is 0 Å². The zero-order chi connectivity index (χ0) is 13.5. The number of rotatable bonds is 6. The lowest BCUT2D eigenvalue weighted by Gasteiger charge is -2.16. The van der Waals surface area contributed by atoms with Crippen LogP contribution in [0.2, 0.25) is 0 Å². The molecule has 1 N–H and O–H groups in total. The maximum atomic E-state index is 5.18. The SMILES string of the molecule is CNCC(Sc1ccc(OC)cc1)c1ccccc1. The molecule has 0 heterocycles. The molecule has 100 valence electrons. The van der Waals surface area contributed by atoms with Crippen molar-refractivity contribution in [2.45, 2.75) is 10.1 Å². The number of hydrogen-bond acceptors (Lipinski definition) is 3. The third-order valence-corrected chi connectivity index (χ3v) is 4.17. The van der Waals surface area contributed by atoms with Crippen molar-refractivity contribution in [1.82, 2.24) is 5.32 Å². The summed E-state index contributed by atoms with van der Waals surface area (Å²) < 4.78 is 5.18. The highest BCUT2D eigenvalue weighted by atomic mass is 32.2. The van der Waals surface area contributed by atoms with E-state index >= 15 is 0 Å². The van der Waals surface area contributed by atoms with Crippen LogP contribution in [0.25, 0.3) is 0 Å². The van der Waals surface area contributed by atoms with E-state index < -0.39 is 0 Å². The lowest BCUT2D eigenvalue weighted by atomic mass is 10.1. The van der Waals surface area contributed by atoms with Crippen molar-refractivity contribution in [3.05, 3.63) is 60.2 Å². The molecule has 2 nitrogen and oxygen atoms in total. The maximum Gasteiger partial charge on any atom is 0.118 e. The van der Waals surface area contributed by atoms with Gasteiger partial charge in [-0.25, -0.2) is 0 Å². The van der Waals surface area contributed by atoms with Crippen molar-refractivity contribution in [3.8, 4) is 5.75 Å². The minimum absolute atomic E-state index is 0.416. The molecule has 0 radical (unpaired) electrons. The van der Waals surface area contributed by atoms with Crippen molar-refractivity contribution in [2.75, 3.05) is 20.7 Å². The predicted octanol–water partition coefficient (Wildman–Crippen LogP) is 3.75. The molecule has 0 saturated heterocycles. The number of likely N-dealkylation sites (N-methyl/N-ethyl adjacent to an activating group) is 1. The van der Waals surface area contributed by atoms with E-state index in [1.807, 2.05) is 30.9 Å². The molecule has 2 aromatic rings. The zero-order valence-corrected chi connectivity index (χ0v) is 12.1. The van der Waals surface area contributed by atoms with E-state index in [4.69, 9.17) is 4.74 Å². The number of benzene rings is 2. The predicted molar refractivity (Wildman–Crippen MR) is 82.0 cm³/mol. The first-order valence-electron chi connectivity index (χ1n) is 6.33. The molecule has 0 fully saturated rings. The van der Waals surface area contributed by atoms with Crippen LogP contribution in [0.3, 0.4) is 0 Å². The highest BCUT2D eigenvalue weighted by Crippen LogP contribution is 2.35. The van der Waals surface area contributed by atoms with Gasteiger partial charge in [-0.2, -0.15) is 0 Å². The molecule has 0 aliphatic rings. The van der Waals surface area contributed by atoms with E-state index in [1.54, 1.807) is 7.11 Å². The van der Waals surface area contributed by atoms with Crippen molar-refractivity contribution >= 4 is 11.8 Å². The van der Waals surface area contributed by atoms with Crippen LogP contribution in [0.4, 0.5) is 0 Å². The summed E-state index contributed by atoms with van der Waals surface area (Å²) in [6, 6.07) is 18.8. The largest absolute Gasteiger partial charge is 0.497 e. The van der Waals surface area contributed by atoms with Crippen LogP contribution in [0.5, 0.6) is 5.75 Å². The molecule has 2 rings (SSSR count). The molecule has 19 heavy (non-hydrogen) atoms. The van der Waals surface area contributed by atoms with Gasteiger partial charge in [0.2, 0.25) is 0 Å². The Morgan fingerprint density at radius 1 is 1.05 bits per heavy atom. The summed E-state index contributed by atoms with van der Waals surface area (Å²) >= 11 is 1.87. The second-order valence-electron chi connectivity index (χ2n) is 4.25. The molecule has 0 aliphatic heterocycles. The lowest BCUT2D eigenvalue weighted by Crippen LogP contribution is -2.14. The third kappa shape index (κ3) is 4.01. The van der Waals surface area contributed by atoms with Gasteiger partial charge >= 0.3 is 0 Å². The lowest BCUT2D eigenvalue weighted by molar-refractivity contribution is 0.414. The topological polar surface area (TPSA) is 21.3 Å². The van der Waals surface area contributed by atoms with Crippen LogP contribution in [-0.2, 0) is 0 Å². The van der Waals surface area contributed by atoms with Crippen molar-refractivity contribution in [1.29, 1.82) is 0 Å². The summed E-state index contributed by atoms with van der Waals surface area (Å²) in [6.45, 7) is 0.945. The van der Waals surface area contributed by atoms with E-state index in [1.165, 1.54) is 10.5 Å². The summed E-state index contributed by atoms with van der Waals surface area (Å²) in [4.78, 5) is 1.25. The molecule has 1 atom stereocenters. The number of nitrogens with one attached hydrogen (secondary N) is 1. The number of ether oxygens (including phenoxy) is 1. The molecular weight excluding hydrogens is 254 g/mol. The van der Waals surface area contributed by atoms with Gasteiger partial charge in [0.25, 0.3) is 0 Å². The Morgan fingerprint density at radius 3 is 2.32 bits per heavy atom. The third-order valence-electron chi connectivity index (χ3n) is 2.90. The van der Waals surface area contributed by atoms with Crippen molar-refractivity contribution < 1.29 is 4.74 Å². The Kier molecular flexibility index (Phi) is 5.31. The standard InChI is InChI=1S/C16H19NOS/c1-17-12-16(13-6-4-3-5-7-13)19-15-10-8-14(18-2)9-11-15/h3-11,16-17H,12H2,1-2H3. The molecule has 3 heteroatoms. The van der Waals surface area contributed by atoms with Crippen LogP contribution in [0, 0.1) is 0 Å². The van der Waals surface area contributed by atoms with E-state index in [9.17, 15) is 0 Å². The van der Waals surface area contributed by atoms with Gasteiger partial charge in [-0.3, -0.25) is 0 Å². The highest BCUT2D eigenvalue weighted by Gasteiger charge is 2.11. The van der Waals surface area contributed by atoms with E-state index in [0.717, 1.165) is 12.3 Å². The van der Waals surface area contributed by atoms with Gasteiger partial charge in [-0.1, -0.05) is 30.3 Å². The van der Waals surface area contributed by atoms with E-state index in [2.05, 4.69) is 47.8 Å². The molecule has 0 spiro atoms. The van der Waals surface area contributed by atoms with Crippen LogP contribution in [-0.4, -0.2) is 20.7 Å². The van der Waals surface area contributed by atoms with Crippen LogP contribution < -0.4 is 10.1 Å².